The highest BCUT2D eigenvalue weighted by molar-refractivity contribution is 7.99. The number of nitrogens with one attached hydrogen (secondary N) is 2. The molecule has 0 bridgehead atoms. The number of hydrogen-bond acceptors (Lipinski definition) is 5. The van der Waals surface area contributed by atoms with Crippen molar-refractivity contribution in [3.8, 4) is 0 Å². The standard InChI is InChI=1S/C22H22FN5O2S/c1-3-13-28-20(15(2)24-21(30)16-7-5-4-6-8-16)26-27-22(28)31-14-19(29)25-18-11-9-17(23)10-12-18/h3-12,15H,1,13-14H2,2H3,(H,24,30)(H,25,29)/t15-/m1/s1. The first-order valence-corrected chi connectivity index (χ1v) is 10.5. The molecule has 31 heavy (non-hydrogen) atoms. The smallest absolute Gasteiger partial charge is 0.251 e. The van der Waals surface area contributed by atoms with E-state index in [1.807, 2.05) is 13.0 Å². The van der Waals surface area contributed by atoms with E-state index in [0.29, 0.717) is 28.8 Å². The van der Waals surface area contributed by atoms with Crippen LogP contribution in [-0.4, -0.2) is 32.3 Å². The lowest BCUT2D eigenvalue weighted by atomic mass is 10.2. The van der Waals surface area contributed by atoms with Crippen molar-refractivity contribution in [1.82, 2.24) is 20.1 Å². The molecule has 1 atom stereocenters. The summed E-state index contributed by atoms with van der Waals surface area (Å²) in [5.74, 6) is -0.181. The summed E-state index contributed by atoms with van der Waals surface area (Å²) >= 11 is 1.21. The SMILES string of the molecule is C=CCn1c(SCC(=O)Nc2ccc(F)cc2)nnc1[C@@H](C)NC(=O)c1ccccc1. The van der Waals surface area contributed by atoms with E-state index in [0.717, 1.165) is 0 Å². The predicted octanol–water partition coefficient (Wildman–Crippen LogP) is 3.83. The third-order valence-electron chi connectivity index (χ3n) is 4.29. The van der Waals surface area contributed by atoms with E-state index in [1.165, 1.54) is 36.0 Å². The number of aromatic nitrogens is 3. The second kappa shape index (κ2) is 10.5. The van der Waals surface area contributed by atoms with Crippen LogP contribution in [0.1, 0.15) is 29.1 Å². The lowest BCUT2D eigenvalue weighted by Gasteiger charge is -2.15. The molecule has 0 aliphatic carbocycles. The maximum absolute atomic E-state index is 13.0. The number of carbonyl (C=O) groups excluding carboxylic acids is 2. The molecule has 0 saturated carbocycles. The van der Waals surface area contributed by atoms with E-state index < -0.39 is 6.04 Å². The molecule has 9 heteroatoms. The van der Waals surface area contributed by atoms with Crippen molar-refractivity contribution in [2.75, 3.05) is 11.1 Å². The quantitative estimate of drug-likeness (QED) is 0.391. The Bertz CT molecular complexity index is 1050. The normalized spacial score (nSPS) is 11.5. The fourth-order valence-corrected chi connectivity index (χ4v) is 3.58. The first-order valence-electron chi connectivity index (χ1n) is 9.56. The molecule has 0 spiro atoms. The first kappa shape index (κ1) is 22.2. The van der Waals surface area contributed by atoms with Crippen molar-refractivity contribution in [3.05, 3.63) is 84.5 Å². The molecule has 1 heterocycles. The number of halogens is 1. The Balaban J connectivity index is 1.65. The second-order valence-corrected chi connectivity index (χ2v) is 7.59. The van der Waals surface area contributed by atoms with Crippen molar-refractivity contribution in [3.63, 3.8) is 0 Å². The number of allylic oxidation sites excluding steroid dienone is 1. The molecule has 7 nitrogen and oxygen atoms in total. The van der Waals surface area contributed by atoms with Crippen LogP contribution < -0.4 is 10.6 Å². The van der Waals surface area contributed by atoms with Crippen LogP contribution in [0, 0.1) is 5.82 Å². The lowest BCUT2D eigenvalue weighted by molar-refractivity contribution is -0.113. The number of carbonyl (C=O) groups is 2. The van der Waals surface area contributed by atoms with Gasteiger partial charge in [-0.3, -0.25) is 9.59 Å². The molecule has 0 aliphatic heterocycles. The van der Waals surface area contributed by atoms with Crippen LogP contribution in [0.2, 0.25) is 0 Å². The molecule has 0 radical (unpaired) electrons. The van der Waals surface area contributed by atoms with Crippen molar-refractivity contribution < 1.29 is 14.0 Å². The van der Waals surface area contributed by atoms with Gasteiger partial charge in [-0.25, -0.2) is 4.39 Å². The Kier molecular flexibility index (Phi) is 7.55. The van der Waals surface area contributed by atoms with Gasteiger partial charge >= 0.3 is 0 Å². The van der Waals surface area contributed by atoms with E-state index >= 15 is 0 Å². The fraction of sp³-hybridized carbons (Fsp3) is 0.182. The third-order valence-corrected chi connectivity index (χ3v) is 5.26. The molecule has 160 valence electrons. The number of hydrogen-bond donors (Lipinski definition) is 2. The molecule has 0 unspecified atom stereocenters. The number of thioether (sulfide) groups is 1. The topological polar surface area (TPSA) is 88.9 Å². The van der Waals surface area contributed by atoms with Gasteiger partial charge in [-0.05, 0) is 43.3 Å². The largest absolute Gasteiger partial charge is 0.342 e. The Morgan fingerprint density at radius 2 is 1.87 bits per heavy atom. The highest BCUT2D eigenvalue weighted by Crippen LogP contribution is 2.21. The van der Waals surface area contributed by atoms with Crippen LogP contribution in [0.3, 0.4) is 0 Å². The van der Waals surface area contributed by atoms with Crippen molar-refractivity contribution in [2.45, 2.75) is 24.7 Å². The summed E-state index contributed by atoms with van der Waals surface area (Å²) in [5, 5.41) is 14.5. The number of nitrogens with zero attached hydrogens (tertiary/aromatic N) is 3. The number of amides is 2. The highest BCUT2D eigenvalue weighted by Gasteiger charge is 2.20. The molecule has 0 aliphatic rings. The molecule has 3 aromatic rings. The van der Waals surface area contributed by atoms with Crippen molar-refractivity contribution in [1.29, 1.82) is 0 Å². The van der Waals surface area contributed by atoms with Crippen LogP contribution in [0.4, 0.5) is 10.1 Å². The summed E-state index contributed by atoms with van der Waals surface area (Å²) in [6.45, 7) is 6.01. The van der Waals surface area contributed by atoms with Crippen LogP contribution >= 0.6 is 11.8 Å². The maximum Gasteiger partial charge on any atom is 0.251 e. The molecule has 2 N–H and O–H groups in total. The van der Waals surface area contributed by atoms with Crippen LogP contribution in [0.5, 0.6) is 0 Å². The number of benzene rings is 2. The molecule has 0 saturated heterocycles. The molecule has 2 aromatic carbocycles. The maximum atomic E-state index is 13.0. The van der Waals surface area contributed by atoms with Crippen molar-refractivity contribution >= 4 is 29.3 Å². The van der Waals surface area contributed by atoms with E-state index in [1.54, 1.807) is 34.9 Å². The Morgan fingerprint density at radius 3 is 2.55 bits per heavy atom. The highest BCUT2D eigenvalue weighted by atomic mass is 32.2. The minimum Gasteiger partial charge on any atom is -0.342 e. The van der Waals surface area contributed by atoms with Gasteiger partial charge in [-0.1, -0.05) is 36.0 Å². The Labute approximate surface area is 183 Å². The Hall–Kier alpha value is -3.46. The summed E-state index contributed by atoms with van der Waals surface area (Å²) in [6.07, 6.45) is 1.70. The molecule has 1 aromatic heterocycles. The average Bonchev–Trinajstić information content (AvgIpc) is 3.17. The van der Waals surface area contributed by atoms with Gasteiger partial charge in [0.25, 0.3) is 5.91 Å². The Morgan fingerprint density at radius 1 is 1.16 bits per heavy atom. The number of rotatable bonds is 9. The molecule has 3 rings (SSSR count). The summed E-state index contributed by atoms with van der Waals surface area (Å²) < 4.78 is 14.8. The van der Waals surface area contributed by atoms with Gasteiger partial charge in [0.1, 0.15) is 5.82 Å². The first-order chi connectivity index (χ1) is 15.0. The second-order valence-electron chi connectivity index (χ2n) is 6.64. The monoisotopic (exact) mass is 439 g/mol. The third kappa shape index (κ3) is 6.02. The van der Waals surface area contributed by atoms with Gasteiger partial charge in [-0.2, -0.15) is 0 Å². The fourth-order valence-electron chi connectivity index (χ4n) is 2.82. The minimum atomic E-state index is -0.400. The summed E-state index contributed by atoms with van der Waals surface area (Å²) in [7, 11) is 0. The zero-order valence-corrected chi connectivity index (χ0v) is 17.7. The van der Waals surface area contributed by atoms with E-state index in [2.05, 4.69) is 27.4 Å². The van der Waals surface area contributed by atoms with Gasteiger partial charge in [0.05, 0.1) is 11.8 Å². The molecule has 0 fully saturated rings. The summed E-state index contributed by atoms with van der Waals surface area (Å²) in [4.78, 5) is 24.7. The van der Waals surface area contributed by atoms with E-state index in [4.69, 9.17) is 0 Å². The number of anilines is 1. The summed E-state index contributed by atoms with van der Waals surface area (Å²) in [6, 6.07) is 14.0. The minimum absolute atomic E-state index is 0.0947. The average molecular weight is 440 g/mol. The molecular formula is C22H22FN5O2S. The van der Waals surface area contributed by atoms with E-state index in [-0.39, 0.29) is 23.4 Å². The molecule has 2 amide bonds. The predicted molar refractivity (Wildman–Crippen MR) is 118 cm³/mol. The zero-order chi connectivity index (χ0) is 22.2. The summed E-state index contributed by atoms with van der Waals surface area (Å²) in [5.41, 5.74) is 1.06. The van der Waals surface area contributed by atoms with Crippen LogP contribution in [0.25, 0.3) is 0 Å². The van der Waals surface area contributed by atoms with Gasteiger partial charge in [0.2, 0.25) is 5.91 Å². The lowest BCUT2D eigenvalue weighted by Crippen LogP contribution is -2.28. The van der Waals surface area contributed by atoms with Crippen LogP contribution in [0.15, 0.2) is 72.4 Å². The van der Waals surface area contributed by atoms with Crippen LogP contribution in [-0.2, 0) is 11.3 Å². The van der Waals surface area contributed by atoms with Crippen molar-refractivity contribution in [2.24, 2.45) is 0 Å². The van der Waals surface area contributed by atoms with Gasteiger partial charge in [0.15, 0.2) is 11.0 Å². The van der Waals surface area contributed by atoms with Gasteiger partial charge in [-0.15, -0.1) is 16.8 Å². The van der Waals surface area contributed by atoms with Gasteiger partial charge in [0, 0.05) is 17.8 Å². The van der Waals surface area contributed by atoms with Gasteiger partial charge < -0.3 is 15.2 Å². The zero-order valence-electron chi connectivity index (χ0n) is 16.9. The van der Waals surface area contributed by atoms with E-state index in [9.17, 15) is 14.0 Å². The molecular weight excluding hydrogens is 417 g/mol.